The molecule has 0 amide bonds. The molecule has 0 spiro atoms. The molecule has 232 valence electrons. The van der Waals surface area contributed by atoms with E-state index >= 15 is 0 Å². The third-order valence-corrected chi connectivity index (χ3v) is 10.8. The van der Waals surface area contributed by atoms with Crippen LogP contribution in [-0.2, 0) is 4.74 Å². The average Bonchev–Trinajstić information content (AvgIpc) is 3.48. The number of rotatable bonds is 5. The van der Waals surface area contributed by atoms with Crippen molar-refractivity contribution in [2.75, 3.05) is 32.8 Å². The first-order chi connectivity index (χ1) is 19.6. The van der Waals surface area contributed by atoms with Gasteiger partial charge in [-0.1, -0.05) is 11.9 Å². The van der Waals surface area contributed by atoms with Crippen LogP contribution in [0, 0.1) is 11.3 Å². The van der Waals surface area contributed by atoms with Crippen LogP contribution >= 0.6 is 11.9 Å². The van der Waals surface area contributed by atoms with Crippen molar-refractivity contribution in [2.24, 2.45) is 11.3 Å². The molecule has 1 aromatic heterocycles. The van der Waals surface area contributed by atoms with Crippen LogP contribution in [0.25, 0.3) is 0 Å². The number of alkyl halides is 3. The van der Waals surface area contributed by atoms with E-state index in [-0.39, 0.29) is 49.8 Å². The fourth-order valence-corrected chi connectivity index (χ4v) is 8.16. The molecule has 5 aliphatic rings. The maximum Gasteiger partial charge on any atom is 0.394 e. The summed E-state index contributed by atoms with van der Waals surface area (Å²) in [6, 6.07) is 1.76. The molecule has 5 fully saturated rings. The van der Waals surface area contributed by atoms with Gasteiger partial charge in [-0.25, -0.2) is 0 Å². The Bertz CT molecular complexity index is 1020. The van der Waals surface area contributed by atoms with Gasteiger partial charge < -0.3 is 9.47 Å². The summed E-state index contributed by atoms with van der Waals surface area (Å²) in [4.78, 5) is 2.58. The second-order valence-electron chi connectivity index (χ2n) is 13.2. The molecule has 5 heterocycles. The van der Waals surface area contributed by atoms with E-state index in [2.05, 4.69) is 44.5 Å². The van der Waals surface area contributed by atoms with Gasteiger partial charge in [0.25, 0.3) is 0 Å². The predicted molar refractivity (Wildman–Crippen MR) is 152 cm³/mol. The summed E-state index contributed by atoms with van der Waals surface area (Å²) < 4.78 is 57.5. The molecule has 7 atom stereocenters. The highest BCUT2D eigenvalue weighted by Crippen LogP contribution is 2.59. The first-order valence-corrected chi connectivity index (χ1v) is 16.3. The standard InChI is InChI=1S/C28H46F3N7O2S/c1-26(2)16-20-18-37(26)25-19(17-33-41-24-5-3-4-21(34-24)32-12-15-39-20)6-7-22(35-25)38-13-8-23(36-38)40-14-11-27(9-10-27)28(29,30)31/h8,13,19-22,24-25,32-35H,3-7,9-12,14-18H2,1-2H3. The summed E-state index contributed by atoms with van der Waals surface area (Å²) in [6.45, 7) is 7.96. The largest absolute Gasteiger partial charge is 0.477 e. The summed E-state index contributed by atoms with van der Waals surface area (Å²) in [5.74, 6) is 0.789. The van der Waals surface area contributed by atoms with Crippen molar-refractivity contribution in [1.82, 2.24) is 35.4 Å². The van der Waals surface area contributed by atoms with E-state index in [1.165, 1.54) is 6.42 Å². The smallest absolute Gasteiger partial charge is 0.394 e. The molecule has 6 rings (SSSR count). The number of ether oxygens (including phenoxy) is 2. The van der Waals surface area contributed by atoms with Crippen molar-refractivity contribution in [2.45, 2.75) is 113 Å². The number of aromatic nitrogens is 2. The molecule has 0 aromatic carbocycles. The third kappa shape index (κ3) is 6.86. The SMILES string of the molecule is CC1(C)CC2CN1C1NC(n3ccc(OCCC4(C(F)(F)F)CC4)n3)CCC1CNSC1CCCC(NCCO2)N1. The summed E-state index contributed by atoms with van der Waals surface area (Å²) in [7, 11) is 0. The molecule has 0 radical (unpaired) electrons. The van der Waals surface area contributed by atoms with Crippen LogP contribution in [0.1, 0.15) is 77.8 Å². The van der Waals surface area contributed by atoms with E-state index in [0.29, 0.717) is 29.9 Å². The molecular formula is C28H46F3N7O2S. The maximum atomic E-state index is 13.3. The summed E-state index contributed by atoms with van der Waals surface area (Å²) in [6.07, 6.45) is 5.17. The van der Waals surface area contributed by atoms with E-state index in [4.69, 9.17) is 9.47 Å². The molecule has 41 heavy (non-hydrogen) atoms. The number of hydrogen-bond donors (Lipinski definition) is 4. The molecule has 1 aromatic rings. The minimum atomic E-state index is -4.16. The normalized spacial score (nSPS) is 37.4. The van der Waals surface area contributed by atoms with Gasteiger partial charge in [-0.05, 0) is 71.6 Å². The van der Waals surface area contributed by atoms with Gasteiger partial charge in [0.1, 0.15) is 6.17 Å². The van der Waals surface area contributed by atoms with Crippen molar-refractivity contribution in [3.05, 3.63) is 12.3 Å². The molecule has 4 aliphatic heterocycles. The maximum absolute atomic E-state index is 13.3. The monoisotopic (exact) mass is 601 g/mol. The minimum Gasteiger partial charge on any atom is -0.477 e. The Morgan fingerprint density at radius 2 is 2.02 bits per heavy atom. The summed E-state index contributed by atoms with van der Waals surface area (Å²) >= 11 is 1.82. The molecular weight excluding hydrogens is 555 g/mol. The second-order valence-corrected chi connectivity index (χ2v) is 14.3. The van der Waals surface area contributed by atoms with Crippen molar-refractivity contribution < 1.29 is 22.6 Å². The third-order valence-electron chi connectivity index (χ3n) is 9.81. The van der Waals surface area contributed by atoms with Gasteiger partial charge in [0.05, 0.1) is 42.4 Å². The first kappa shape index (κ1) is 30.0. The lowest BCUT2D eigenvalue weighted by Crippen LogP contribution is -2.60. The van der Waals surface area contributed by atoms with Crippen molar-refractivity contribution in [3.8, 4) is 5.88 Å². The topological polar surface area (TPSA) is 87.6 Å². The zero-order valence-corrected chi connectivity index (χ0v) is 25.0. The summed E-state index contributed by atoms with van der Waals surface area (Å²) in [5, 5.41) is 16.3. The van der Waals surface area contributed by atoms with Crippen molar-refractivity contribution in [3.63, 3.8) is 0 Å². The van der Waals surface area contributed by atoms with Crippen LogP contribution in [0.15, 0.2) is 12.3 Å². The van der Waals surface area contributed by atoms with E-state index in [0.717, 1.165) is 51.7 Å². The lowest BCUT2D eigenvalue weighted by molar-refractivity contribution is -0.190. The van der Waals surface area contributed by atoms with Gasteiger partial charge in [0.15, 0.2) is 0 Å². The van der Waals surface area contributed by atoms with Gasteiger partial charge in [0, 0.05) is 43.4 Å². The van der Waals surface area contributed by atoms with Crippen LogP contribution in [0.4, 0.5) is 13.2 Å². The van der Waals surface area contributed by atoms with Crippen LogP contribution in [0.3, 0.4) is 0 Å². The van der Waals surface area contributed by atoms with Crippen molar-refractivity contribution >= 4 is 11.9 Å². The number of hydrogen-bond acceptors (Lipinski definition) is 9. The lowest BCUT2D eigenvalue weighted by Gasteiger charge is -2.47. The summed E-state index contributed by atoms with van der Waals surface area (Å²) in [5.41, 5.74) is -1.57. The second kappa shape index (κ2) is 12.1. The Kier molecular flexibility index (Phi) is 8.86. The average molecular weight is 602 g/mol. The van der Waals surface area contributed by atoms with Gasteiger partial charge in [0.2, 0.25) is 5.88 Å². The Hall–Kier alpha value is -1.09. The van der Waals surface area contributed by atoms with Gasteiger partial charge >= 0.3 is 6.18 Å². The molecule has 4 saturated heterocycles. The van der Waals surface area contributed by atoms with Gasteiger partial charge in [-0.2, -0.15) is 13.2 Å². The molecule has 7 unspecified atom stereocenters. The quantitative estimate of drug-likeness (QED) is 0.375. The van der Waals surface area contributed by atoms with Gasteiger partial charge in [-0.15, -0.1) is 5.10 Å². The van der Waals surface area contributed by atoms with E-state index in [9.17, 15) is 13.2 Å². The van der Waals surface area contributed by atoms with Crippen molar-refractivity contribution in [1.29, 1.82) is 0 Å². The molecule has 4 bridgehead atoms. The Morgan fingerprint density at radius 3 is 2.83 bits per heavy atom. The Balaban J connectivity index is 1.11. The fourth-order valence-electron chi connectivity index (χ4n) is 7.14. The zero-order valence-electron chi connectivity index (χ0n) is 24.2. The molecule has 9 nitrogen and oxygen atoms in total. The zero-order chi connectivity index (χ0) is 28.7. The molecule has 1 aliphatic carbocycles. The lowest BCUT2D eigenvalue weighted by atomic mass is 9.91. The Morgan fingerprint density at radius 1 is 1.17 bits per heavy atom. The van der Waals surface area contributed by atoms with E-state index in [1.807, 2.05) is 22.8 Å². The van der Waals surface area contributed by atoms with Crippen LogP contribution in [0.2, 0.25) is 0 Å². The van der Waals surface area contributed by atoms with Gasteiger partial charge in [-0.3, -0.25) is 30.3 Å². The highest BCUT2D eigenvalue weighted by Gasteiger charge is 2.62. The van der Waals surface area contributed by atoms with Crippen LogP contribution in [0.5, 0.6) is 5.88 Å². The minimum absolute atomic E-state index is 0.0137. The first-order valence-electron chi connectivity index (χ1n) is 15.4. The molecule has 4 N–H and O–H groups in total. The van der Waals surface area contributed by atoms with Crippen LogP contribution < -0.4 is 25.4 Å². The fraction of sp³-hybridized carbons (Fsp3) is 0.893. The van der Waals surface area contributed by atoms with Crippen LogP contribution in [-0.4, -0.2) is 83.1 Å². The number of fused-ring (bicyclic) bond motifs is 6. The molecule has 1 saturated carbocycles. The molecule has 13 heteroatoms. The number of nitrogens with one attached hydrogen (secondary N) is 4. The number of nitrogens with zero attached hydrogens (tertiary/aromatic N) is 3. The Labute approximate surface area is 245 Å². The van der Waals surface area contributed by atoms with E-state index < -0.39 is 11.6 Å². The number of piperidine rings is 2. The highest BCUT2D eigenvalue weighted by molar-refractivity contribution is 7.98. The highest BCUT2D eigenvalue weighted by atomic mass is 32.2. The number of halogens is 3. The predicted octanol–water partition coefficient (Wildman–Crippen LogP) is 3.96. The van der Waals surface area contributed by atoms with E-state index in [1.54, 1.807) is 6.07 Å².